The Kier molecular flexibility index (Phi) is 3.74. The summed E-state index contributed by atoms with van der Waals surface area (Å²) in [6.07, 6.45) is 5.99. The molecule has 3 rings (SSSR count). The van der Waals surface area contributed by atoms with Crippen molar-refractivity contribution in [2.45, 2.75) is 65.2 Å². The summed E-state index contributed by atoms with van der Waals surface area (Å²) in [5, 5.41) is 3.81. The van der Waals surface area contributed by atoms with Crippen LogP contribution in [0.1, 0.15) is 75.5 Å². The quantitative estimate of drug-likeness (QED) is 0.706. The molecule has 0 N–H and O–H groups in total. The number of fused-ring (bicyclic) bond motifs is 1. The molecule has 0 unspecified atom stereocenters. The van der Waals surface area contributed by atoms with Crippen LogP contribution < -0.4 is 0 Å². The molecule has 1 aliphatic carbocycles. The molecule has 2 nitrogen and oxygen atoms in total. The second-order valence-electron chi connectivity index (χ2n) is 8.10. The van der Waals surface area contributed by atoms with Gasteiger partial charge in [0.2, 0.25) is 0 Å². The van der Waals surface area contributed by atoms with E-state index in [4.69, 9.17) is 4.52 Å². The Bertz CT molecular complexity index is 748. The second-order valence-corrected chi connectivity index (χ2v) is 8.10. The zero-order chi connectivity index (χ0) is 16.8. The Balaban J connectivity index is 2.15. The lowest BCUT2D eigenvalue weighted by Crippen LogP contribution is -2.18. The Hall–Kier alpha value is -1.83. The molecule has 0 amide bonds. The predicted octanol–water partition coefficient (Wildman–Crippen LogP) is 5.89. The van der Waals surface area contributed by atoms with Crippen molar-refractivity contribution in [2.75, 3.05) is 0 Å². The van der Waals surface area contributed by atoms with E-state index in [0.29, 0.717) is 0 Å². The lowest BCUT2D eigenvalue weighted by Gasteiger charge is -2.22. The minimum absolute atomic E-state index is 0.229. The van der Waals surface area contributed by atoms with Gasteiger partial charge >= 0.3 is 0 Å². The van der Waals surface area contributed by atoms with E-state index in [1.54, 1.807) is 6.20 Å². The maximum absolute atomic E-state index is 5.27. The van der Waals surface area contributed by atoms with Crippen LogP contribution in [-0.4, -0.2) is 5.16 Å². The maximum Gasteiger partial charge on any atom is 0.159 e. The Labute approximate surface area is 139 Å². The number of nitrogens with zero attached hydrogens (tertiary/aromatic N) is 1. The van der Waals surface area contributed by atoms with Gasteiger partial charge in [0.25, 0.3) is 0 Å². The largest absolute Gasteiger partial charge is 0.357 e. The number of aromatic nitrogens is 1. The van der Waals surface area contributed by atoms with Crippen LogP contribution in [0.4, 0.5) is 0 Å². The fourth-order valence-electron chi connectivity index (χ4n) is 4.31. The van der Waals surface area contributed by atoms with Gasteiger partial charge in [-0.2, -0.15) is 0 Å². The molecule has 0 atom stereocenters. The van der Waals surface area contributed by atoms with Crippen molar-refractivity contribution in [3.8, 4) is 0 Å². The van der Waals surface area contributed by atoms with Gasteiger partial charge in [-0.25, -0.2) is 0 Å². The van der Waals surface area contributed by atoms with E-state index in [1.807, 2.05) is 6.07 Å². The lowest BCUT2D eigenvalue weighted by atomic mass is 9.82. The number of benzene rings is 1. The highest BCUT2D eigenvalue weighted by atomic mass is 16.5. The van der Waals surface area contributed by atoms with Gasteiger partial charge in [0.15, 0.2) is 5.76 Å². The molecule has 122 valence electrons. The molecule has 1 aliphatic rings. The Morgan fingerprint density at radius 2 is 1.83 bits per heavy atom. The topological polar surface area (TPSA) is 26.0 Å². The summed E-state index contributed by atoms with van der Waals surface area (Å²) in [4.78, 5) is 0. The average molecular weight is 309 g/mol. The van der Waals surface area contributed by atoms with Gasteiger partial charge in [-0.05, 0) is 64.5 Å². The van der Waals surface area contributed by atoms with E-state index in [9.17, 15) is 0 Å². The molecule has 0 spiro atoms. The van der Waals surface area contributed by atoms with E-state index in [2.05, 4.69) is 64.9 Å². The van der Waals surface area contributed by atoms with Crippen LogP contribution in [0.5, 0.6) is 0 Å². The minimum atomic E-state index is 0.229. The van der Waals surface area contributed by atoms with Gasteiger partial charge < -0.3 is 4.52 Å². The van der Waals surface area contributed by atoms with E-state index >= 15 is 0 Å². The van der Waals surface area contributed by atoms with E-state index in [-0.39, 0.29) is 10.8 Å². The lowest BCUT2D eigenvalue weighted by molar-refractivity contribution is 0.403. The number of allylic oxidation sites excluding steroid dienone is 1. The predicted molar refractivity (Wildman–Crippen MR) is 96.5 cm³/mol. The summed E-state index contributed by atoms with van der Waals surface area (Å²) < 4.78 is 5.27. The first-order valence-electron chi connectivity index (χ1n) is 8.52. The van der Waals surface area contributed by atoms with Crippen LogP contribution >= 0.6 is 0 Å². The SMILES string of the molecule is CC/C(=C\c1ccno1)c1cc2c(cc1C)C(C)(C)CC2(C)C. The zero-order valence-electron chi connectivity index (χ0n) is 15.2. The van der Waals surface area contributed by atoms with Gasteiger partial charge in [0.1, 0.15) is 0 Å². The van der Waals surface area contributed by atoms with Crippen molar-refractivity contribution in [1.82, 2.24) is 5.16 Å². The van der Waals surface area contributed by atoms with Crippen molar-refractivity contribution in [1.29, 1.82) is 0 Å². The highest BCUT2D eigenvalue weighted by Gasteiger charge is 2.42. The molecule has 0 radical (unpaired) electrons. The van der Waals surface area contributed by atoms with Gasteiger partial charge in [-0.3, -0.25) is 0 Å². The first-order valence-corrected chi connectivity index (χ1v) is 8.52. The molecule has 1 heterocycles. The molecular formula is C21H27NO. The number of rotatable bonds is 3. The first kappa shape index (κ1) is 16.0. The van der Waals surface area contributed by atoms with Gasteiger partial charge in [0.05, 0.1) is 6.20 Å². The highest BCUT2D eigenvalue weighted by molar-refractivity contribution is 5.82. The van der Waals surface area contributed by atoms with Gasteiger partial charge in [-0.15, -0.1) is 0 Å². The molecule has 0 saturated heterocycles. The van der Waals surface area contributed by atoms with Crippen LogP contribution in [0, 0.1) is 6.92 Å². The maximum atomic E-state index is 5.27. The Morgan fingerprint density at radius 1 is 1.17 bits per heavy atom. The normalized spacial score (nSPS) is 19.0. The molecular weight excluding hydrogens is 282 g/mol. The third kappa shape index (κ3) is 2.75. The second kappa shape index (κ2) is 5.36. The van der Waals surface area contributed by atoms with E-state index in [1.165, 1.54) is 34.2 Å². The van der Waals surface area contributed by atoms with Crippen molar-refractivity contribution in [3.63, 3.8) is 0 Å². The molecule has 0 saturated carbocycles. The van der Waals surface area contributed by atoms with Crippen molar-refractivity contribution in [3.05, 3.63) is 52.4 Å². The summed E-state index contributed by atoms with van der Waals surface area (Å²) in [6.45, 7) is 13.9. The smallest absolute Gasteiger partial charge is 0.159 e. The van der Waals surface area contributed by atoms with Crippen LogP contribution in [0.25, 0.3) is 11.6 Å². The van der Waals surface area contributed by atoms with Crippen LogP contribution in [0.15, 0.2) is 28.9 Å². The monoisotopic (exact) mass is 309 g/mol. The minimum Gasteiger partial charge on any atom is -0.357 e. The van der Waals surface area contributed by atoms with Crippen molar-refractivity contribution < 1.29 is 4.52 Å². The first-order chi connectivity index (χ1) is 10.7. The van der Waals surface area contributed by atoms with Gasteiger partial charge in [0, 0.05) is 6.07 Å². The van der Waals surface area contributed by atoms with Crippen LogP contribution in [-0.2, 0) is 10.8 Å². The fraction of sp³-hybridized carbons (Fsp3) is 0.476. The average Bonchev–Trinajstić information content (AvgIpc) is 3.01. The molecule has 2 aromatic rings. The summed E-state index contributed by atoms with van der Waals surface area (Å²) in [7, 11) is 0. The highest BCUT2D eigenvalue weighted by Crippen LogP contribution is 2.50. The number of aryl methyl sites for hydroxylation is 1. The molecule has 0 fully saturated rings. The standard InChI is InChI=1S/C21H27NO/c1-7-15(11-16-8-9-22-23-16)17-12-19-18(10-14(17)2)20(3,4)13-21(19,5)6/h8-12H,7,13H2,1-6H3/b15-11+. The van der Waals surface area contributed by atoms with Crippen LogP contribution in [0.3, 0.4) is 0 Å². The summed E-state index contributed by atoms with van der Waals surface area (Å²) in [6, 6.07) is 6.74. The number of hydrogen-bond donors (Lipinski definition) is 0. The fourth-order valence-corrected chi connectivity index (χ4v) is 4.31. The van der Waals surface area contributed by atoms with E-state index in [0.717, 1.165) is 12.2 Å². The molecule has 1 aromatic carbocycles. The summed E-state index contributed by atoms with van der Waals surface area (Å²) >= 11 is 0. The van der Waals surface area contributed by atoms with Crippen LogP contribution in [0.2, 0.25) is 0 Å². The van der Waals surface area contributed by atoms with E-state index < -0.39 is 0 Å². The molecule has 23 heavy (non-hydrogen) atoms. The third-order valence-electron chi connectivity index (χ3n) is 5.21. The molecule has 0 bridgehead atoms. The van der Waals surface area contributed by atoms with Crippen molar-refractivity contribution in [2.24, 2.45) is 0 Å². The van der Waals surface area contributed by atoms with Gasteiger partial charge in [-0.1, -0.05) is 51.9 Å². The molecule has 1 aromatic heterocycles. The van der Waals surface area contributed by atoms with Crippen molar-refractivity contribution >= 4 is 11.6 Å². The number of hydrogen-bond acceptors (Lipinski definition) is 2. The molecule has 0 aliphatic heterocycles. The zero-order valence-corrected chi connectivity index (χ0v) is 15.2. The molecule has 2 heteroatoms. The third-order valence-corrected chi connectivity index (χ3v) is 5.21. The summed E-state index contributed by atoms with van der Waals surface area (Å²) in [5.74, 6) is 0.821. The summed E-state index contributed by atoms with van der Waals surface area (Å²) in [5.41, 5.74) is 7.49. The Morgan fingerprint density at radius 3 is 2.39 bits per heavy atom.